The SMILES string of the molecule is CC(C)[C@H](Cc1ccccc1)C(=O)N[C@H](C)CN1CCOC1=O. The minimum Gasteiger partial charge on any atom is -0.448 e. The lowest BCUT2D eigenvalue weighted by atomic mass is 9.88. The van der Waals surface area contributed by atoms with Gasteiger partial charge in [0.2, 0.25) is 5.91 Å². The smallest absolute Gasteiger partial charge is 0.410 e. The van der Waals surface area contributed by atoms with Gasteiger partial charge in [-0.3, -0.25) is 4.79 Å². The highest BCUT2D eigenvalue weighted by Crippen LogP contribution is 2.18. The molecule has 1 N–H and O–H groups in total. The van der Waals surface area contributed by atoms with Gasteiger partial charge in [0.05, 0.1) is 6.54 Å². The normalized spacial score (nSPS) is 17.0. The highest BCUT2D eigenvalue weighted by molar-refractivity contribution is 5.79. The molecular formula is C18H26N2O3. The molecule has 0 bridgehead atoms. The first-order valence-electron chi connectivity index (χ1n) is 8.23. The molecule has 23 heavy (non-hydrogen) atoms. The van der Waals surface area contributed by atoms with Crippen LogP contribution in [0.15, 0.2) is 30.3 Å². The molecule has 1 saturated heterocycles. The van der Waals surface area contributed by atoms with Crippen molar-refractivity contribution in [3.63, 3.8) is 0 Å². The monoisotopic (exact) mass is 318 g/mol. The summed E-state index contributed by atoms with van der Waals surface area (Å²) in [7, 11) is 0. The largest absolute Gasteiger partial charge is 0.448 e. The van der Waals surface area contributed by atoms with Gasteiger partial charge in [-0.2, -0.15) is 0 Å². The predicted molar refractivity (Wildman–Crippen MR) is 89.0 cm³/mol. The molecule has 0 unspecified atom stereocenters. The molecule has 5 heteroatoms. The minimum absolute atomic E-state index is 0.0453. The van der Waals surface area contributed by atoms with E-state index in [1.54, 1.807) is 4.90 Å². The highest BCUT2D eigenvalue weighted by atomic mass is 16.6. The van der Waals surface area contributed by atoms with Gasteiger partial charge in [-0.15, -0.1) is 0 Å². The lowest BCUT2D eigenvalue weighted by Gasteiger charge is -2.25. The molecule has 0 spiro atoms. The first-order chi connectivity index (χ1) is 11.0. The molecule has 0 aromatic heterocycles. The molecule has 1 heterocycles. The number of benzene rings is 1. The fraction of sp³-hybridized carbons (Fsp3) is 0.556. The molecule has 2 rings (SSSR count). The van der Waals surface area contributed by atoms with Gasteiger partial charge in [0.1, 0.15) is 6.61 Å². The van der Waals surface area contributed by atoms with Crippen molar-refractivity contribution in [3.8, 4) is 0 Å². The molecule has 1 aliphatic heterocycles. The lowest BCUT2D eigenvalue weighted by molar-refractivity contribution is -0.127. The second-order valence-corrected chi connectivity index (χ2v) is 6.51. The van der Waals surface area contributed by atoms with Crippen LogP contribution >= 0.6 is 0 Å². The van der Waals surface area contributed by atoms with Gasteiger partial charge in [0, 0.05) is 18.5 Å². The fourth-order valence-corrected chi connectivity index (χ4v) is 2.82. The Balaban J connectivity index is 1.91. The van der Waals surface area contributed by atoms with Crippen molar-refractivity contribution < 1.29 is 14.3 Å². The third kappa shape index (κ3) is 4.98. The Morgan fingerprint density at radius 2 is 1.96 bits per heavy atom. The van der Waals surface area contributed by atoms with E-state index in [9.17, 15) is 9.59 Å². The van der Waals surface area contributed by atoms with Crippen LogP contribution in [0.4, 0.5) is 4.79 Å². The number of carbonyl (C=O) groups is 2. The zero-order valence-corrected chi connectivity index (χ0v) is 14.1. The van der Waals surface area contributed by atoms with Gasteiger partial charge in [-0.1, -0.05) is 44.2 Å². The Morgan fingerprint density at radius 1 is 1.26 bits per heavy atom. The van der Waals surface area contributed by atoms with Crippen LogP contribution in [0.25, 0.3) is 0 Å². The number of rotatable bonds is 7. The van der Waals surface area contributed by atoms with E-state index < -0.39 is 0 Å². The molecule has 5 nitrogen and oxygen atoms in total. The number of hydrogen-bond donors (Lipinski definition) is 1. The number of ether oxygens (including phenoxy) is 1. The average Bonchev–Trinajstić information content (AvgIpc) is 2.90. The van der Waals surface area contributed by atoms with Gasteiger partial charge < -0.3 is 15.0 Å². The number of nitrogens with one attached hydrogen (secondary N) is 1. The van der Waals surface area contributed by atoms with Crippen LogP contribution in [-0.2, 0) is 16.0 Å². The zero-order valence-electron chi connectivity index (χ0n) is 14.1. The fourth-order valence-electron chi connectivity index (χ4n) is 2.82. The number of hydrogen-bond acceptors (Lipinski definition) is 3. The third-order valence-electron chi connectivity index (χ3n) is 4.17. The molecule has 126 valence electrons. The van der Waals surface area contributed by atoms with Crippen LogP contribution in [0.1, 0.15) is 26.3 Å². The van der Waals surface area contributed by atoms with Gasteiger partial charge in [-0.25, -0.2) is 4.79 Å². The average molecular weight is 318 g/mol. The molecule has 1 aromatic carbocycles. The predicted octanol–water partition coefficient (Wildman–Crippen LogP) is 2.46. The summed E-state index contributed by atoms with van der Waals surface area (Å²) >= 11 is 0. The second kappa shape index (κ2) is 7.99. The van der Waals surface area contributed by atoms with E-state index in [0.717, 1.165) is 12.0 Å². The second-order valence-electron chi connectivity index (χ2n) is 6.51. The van der Waals surface area contributed by atoms with Crippen molar-refractivity contribution in [1.29, 1.82) is 0 Å². The van der Waals surface area contributed by atoms with Gasteiger partial charge in [-0.05, 0) is 24.8 Å². The highest BCUT2D eigenvalue weighted by Gasteiger charge is 2.27. The van der Waals surface area contributed by atoms with Crippen LogP contribution in [0, 0.1) is 11.8 Å². The van der Waals surface area contributed by atoms with Crippen molar-refractivity contribution in [2.24, 2.45) is 11.8 Å². The molecule has 0 aliphatic carbocycles. The molecule has 0 radical (unpaired) electrons. The Bertz CT molecular complexity index is 530. The van der Waals surface area contributed by atoms with Crippen LogP contribution in [0.2, 0.25) is 0 Å². The van der Waals surface area contributed by atoms with Crippen molar-refractivity contribution in [1.82, 2.24) is 10.2 Å². The summed E-state index contributed by atoms with van der Waals surface area (Å²) in [4.78, 5) is 25.7. The maximum atomic E-state index is 12.6. The van der Waals surface area contributed by atoms with E-state index in [2.05, 4.69) is 19.2 Å². The standard InChI is InChI=1S/C18H26N2O3/c1-13(2)16(11-15-7-5-4-6-8-15)17(21)19-14(3)12-20-9-10-23-18(20)22/h4-8,13-14,16H,9-12H2,1-3H3,(H,19,21)/t14-,16+/m1/s1. The first kappa shape index (κ1) is 17.3. The van der Waals surface area contributed by atoms with E-state index >= 15 is 0 Å². The number of nitrogens with zero attached hydrogens (tertiary/aromatic N) is 1. The molecular weight excluding hydrogens is 292 g/mol. The van der Waals surface area contributed by atoms with Crippen LogP contribution in [-0.4, -0.2) is 42.6 Å². The zero-order chi connectivity index (χ0) is 16.8. The van der Waals surface area contributed by atoms with Crippen molar-refractivity contribution >= 4 is 12.0 Å². The van der Waals surface area contributed by atoms with Gasteiger partial charge in [0.15, 0.2) is 0 Å². The summed E-state index contributed by atoms with van der Waals surface area (Å²) in [5.41, 5.74) is 1.16. The Morgan fingerprint density at radius 3 is 2.52 bits per heavy atom. The Labute approximate surface area is 138 Å². The van der Waals surface area contributed by atoms with E-state index in [1.807, 2.05) is 37.3 Å². The summed E-state index contributed by atoms with van der Waals surface area (Å²) in [6.45, 7) is 7.56. The number of cyclic esters (lactones) is 1. The first-order valence-corrected chi connectivity index (χ1v) is 8.23. The lowest BCUT2D eigenvalue weighted by Crippen LogP contribution is -2.45. The molecule has 0 saturated carbocycles. The summed E-state index contributed by atoms with van der Waals surface area (Å²) in [5.74, 6) is 0.216. The van der Waals surface area contributed by atoms with Crippen molar-refractivity contribution in [3.05, 3.63) is 35.9 Å². The van der Waals surface area contributed by atoms with Crippen LogP contribution in [0.5, 0.6) is 0 Å². The van der Waals surface area contributed by atoms with Crippen molar-refractivity contribution in [2.45, 2.75) is 33.2 Å². The van der Waals surface area contributed by atoms with Gasteiger partial charge in [0.25, 0.3) is 0 Å². The van der Waals surface area contributed by atoms with E-state index in [0.29, 0.717) is 19.7 Å². The van der Waals surface area contributed by atoms with Crippen LogP contribution < -0.4 is 5.32 Å². The van der Waals surface area contributed by atoms with Crippen molar-refractivity contribution in [2.75, 3.05) is 19.7 Å². The van der Waals surface area contributed by atoms with E-state index in [1.165, 1.54) is 0 Å². The number of carbonyl (C=O) groups excluding carboxylic acids is 2. The Kier molecular flexibility index (Phi) is 6.02. The maximum Gasteiger partial charge on any atom is 0.410 e. The quantitative estimate of drug-likeness (QED) is 0.840. The molecule has 2 amide bonds. The van der Waals surface area contributed by atoms with Crippen LogP contribution in [0.3, 0.4) is 0 Å². The third-order valence-corrected chi connectivity index (χ3v) is 4.17. The summed E-state index contributed by atoms with van der Waals surface area (Å²) < 4.78 is 4.91. The molecule has 1 fully saturated rings. The topological polar surface area (TPSA) is 58.6 Å². The summed E-state index contributed by atoms with van der Waals surface area (Å²) in [5, 5.41) is 3.04. The number of amides is 2. The summed E-state index contributed by atoms with van der Waals surface area (Å²) in [6, 6.07) is 9.97. The van der Waals surface area contributed by atoms with E-state index in [4.69, 9.17) is 4.74 Å². The maximum absolute atomic E-state index is 12.6. The molecule has 1 aromatic rings. The summed E-state index contributed by atoms with van der Waals surface area (Å²) in [6.07, 6.45) is 0.429. The minimum atomic E-state index is -0.296. The molecule has 1 aliphatic rings. The Hall–Kier alpha value is -2.04. The van der Waals surface area contributed by atoms with Gasteiger partial charge >= 0.3 is 6.09 Å². The van der Waals surface area contributed by atoms with E-state index in [-0.39, 0.29) is 29.9 Å². The molecule has 2 atom stereocenters.